The molecule has 0 aliphatic carbocycles. The van der Waals surface area contributed by atoms with Gasteiger partial charge in [-0.05, 0) is 42.2 Å². The van der Waals surface area contributed by atoms with Crippen LogP contribution in [-0.2, 0) is 17.8 Å². The van der Waals surface area contributed by atoms with Crippen LogP contribution in [0.2, 0.25) is 5.02 Å². The minimum absolute atomic E-state index is 0.0297. The molecule has 4 heteroatoms. The fourth-order valence-electron chi connectivity index (χ4n) is 2.31. The Kier molecular flexibility index (Phi) is 5.99. The lowest BCUT2D eigenvalue weighted by atomic mass is 10.1. The first-order chi connectivity index (χ1) is 10.6. The van der Waals surface area contributed by atoms with E-state index < -0.39 is 0 Å². The van der Waals surface area contributed by atoms with Gasteiger partial charge in [-0.3, -0.25) is 4.79 Å². The number of nitrogens with one attached hydrogen (secondary N) is 2. The van der Waals surface area contributed by atoms with Gasteiger partial charge in [-0.1, -0.05) is 48.9 Å². The second-order valence-corrected chi connectivity index (χ2v) is 5.68. The number of halogens is 1. The minimum Gasteiger partial charge on any atom is -0.324 e. The zero-order chi connectivity index (χ0) is 15.9. The number of amides is 1. The van der Waals surface area contributed by atoms with Crippen molar-refractivity contribution in [2.24, 2.45) is 0 Å². The van der Waals surface area contributed by atoms with Crippen molar-refractivity contribution in [3.8, 4) is 0 Å². The monoisotopic (exact) mass is 316 g/mol. The molecule has 0 aliphatic heterocycles. The van der Waals surface area contributed by atoms with Gasteiger partial charge in [0.1, 0.15) is 0 Å². The van der Waals surface area contributed by atoms with Crippen LogP contribution in [0.3, 0.4) is 0 Å². The van der Waals surface area contributed by atoms with Crippen molar-refractivity contribution in [1.82, 2.24) is 5.32 Å². The maximum Gasteiger partial charge on any atom is 0.238 e. The van der Waals surface area contributed by atoms with Gasteiger partial charge in [0, 0.05) is 17.3 Å². The molecule has 116 valence electrons. The number of rotatable bonds is 6. The molecule has 2 aromatic carbocycles. The zero-order valence-electron chi connectivity index (χ0n) is 12.9. The van der Waals surface area contributed by atoms with Gasteiger partial charge in [-0.25, -0.2) is 0 Å². The molecule has 0 unspecified atom stereocenters. The van der Waals surface area contributed by atoms with Crippen LogP contribution in [0.1, 0.15) is 23.6 Å². The molecule has 2 N–H and O–H groups in total. The molecule has 22 heavy (non-hydrogen) atoms. The van der Waals surface area contributed by atoms with Crippen LogP contribution < -0.4 is 10.6 Å². The van der Waals surface area contributed by atoms with Gasteiger partial charge in [0.15, 0.2) is 0 Å². The molecule has 0 spiro atoms. The Hall–Kier alpha value is -1.84. The molecule has 0 bridgehead atoms. The number of para-hydroxylation sites is 1. The summed E-state index contributed by atoms with van der Waals surface area (Å²) in [5, 5.41) is 6.86. The van der Waals surface area contributed by atoms with Gasteiger partial charge in [0.2, 0.25) is 5.91 Å². The van der Waals surface area contributed by atoms with E-state index in [1.807, 2.05) is 49.4 Å². The van der Waals surface area contributed by atoms with Gasteiger partial charge in [0.05, 0.1) is 6.54 Å². The van der Waals surface area contributed by atoms with Crippen LogP contribution >= 0.6 is 11.6 Å². The second-order valence-electron chi connectivity index (χ2n) is 5.24. The maximum atomic E-state index is 12.1. The van der Waals surface area contributed by atoms with E-state index in [9.17, 15) is 4.79 Å². The highest BCUT2D eigenvalue weighted by Gasteiger charge is 2.08. The van der Waals surface area contributed by atoms with Gasteiger partial charge in [-0.2, -0.15) is 0 Å². The highest BCUT2D eigenvalue weighted by Crippen LogP contribution is 2.20. The number of benzene rings is 2. The lowest BCUT2D eigenvalue weighted by Crippen LogP contribution is -2.28. The Morgan fingerprint density at radius 1 is 1.14 bits per heavy atom. The summed E-state index contributed by atoms with van der Waals surface area (Å²) in [5.41, 5.74) is 4.28. The van der Waals surface area contributed by atoms with Crippen molar-refractivity contribution < 1.29 is 4.79 Å². The molecule has 0 fully saturated rings. The molecular weight excluding hydrogens is 296 g/mol. The number of carbonyl (C=O) groups excluding carboxylic acids is 1. The van der Waals surface area contributed by atoms with Crippen LogP contribution in [-0.4, -0.2) is 12.5 Å². The third-order valence-corrected chi connectivity index (χ3v) is 3.78. The molecule has 2 rings (SSSR count). The van der Waals surface area contributed by atoms with Crippen LogP contribution in [0.5, 0.6) is 0 Å². The van der Waals surface area contributed by atoms with Crippen molar-refractivity contribution >= 4 is 23.2 Å². The lowest BCUT2D eigenvalue weighted by molar-refractivity contribution is -0.115. The third-order valence-electron chi connectivity index (χ3n) is 3.53. The standard InChI is InChI=1S/C18H21ClN2O/c1-3-15-6-4-5-13(2)18(15)21-17(22)12-20-11-14-7-9-16(19)10-8-14/h4-10,20H,3,11-12H2,1-2H3,(H,21,22). The van der Waals surface area contributed by atoms with E-state index >= 15 is 0 Å². The normalized spacial score (nSPS) is 10.5. The van der Waals surface area contributed by atoms with E-state index in [0.29, 0.717) is 11.6 Å². The summed E-state index contributed by atoms with van der Waals surface area (Å²) in [6.45, 7) is 5.01. The van der Waals surface area contributed by atoms with Crippen LogP contribution in [0.25, 0.3) is 0 Å². The summed E-state index contributed by atoms with van der Waals surface area (Å²) in [5.74, 6) is -0.0297. The van der Waals surface area contributed by atoms with Crippen molar-refractivity contribution in [3.63, 3.8) is 0 Å². The van der Waals surface area contributed by atoms with Crippen molar-refractivity contribution in [2.45, 2.75) is 26.8 Å². The zero-order valence-corrected chi connectivity index (χ0v) is 13.7. The molecule has 2 aromatic rings. The van der Waals surface area contributed by atoms with Crippen molar-refractivity contribution in [1.29, 1.82) is 0 Å². The fraction of sp³-hybridized carbons (Fsp3) is 0.278. The third kappa shape index (κ3) is 4.58. The SMILES string of the molecule is CCc1cccc(C)c1NC(=O)CNCc1ccc(Cl)cc1. The van der Waals surface area contributed by atoms with E-state index in [4.69, 9.17) is 11.6 Å². The summed E-state index contributed by atoms with van der Waals surface area (Å²) >= 11 is 5.85. The molecule has 0 radical (unpaired) electrons. The van der Waals surface area contributed by atoms with Crippen molar-refractivity contribution in [3.05, 3.63) is 64.2 Å². The molecule has 0 aromatic heterocycles. The van der Waals surface area contributed by atoms with E-state index in [-0.39, 0.29) is 12.5 Å². The van der Waals surface area contributed by atoms with E-state index in [1.165, 1.54) is 0 Å². The predicted octanol–water partition coefficient (Wildman–Crippen LogP) is 3.94. The molecule has 0 saturated heterocycles. The van der Waals surface area contributed by atoms with Crippen LogP contribution in [0.4, 0.5) is 5.69 Å². The highest BCUT2D eigenvalue weighted by molar-refractivity contribution is 6.30. The molecule has 0 aliphatic rings. The number of carbonyl (C=O) groups is 1. The topological polar surface area (TPSA) is 41.1 Å². The Morgan fingerprint density at radius 3 is 2.55 bits per heavy atom. The number of hydrogen-bond acceptors (Lipinski definition) is 2. The summed E-state index contributed by atoms with van der Waals surface area (Å²) in [4.78, 5) is 12.1. The van der Waals surface area contributed by atoms with E-state index in [1.54, 1.807) is 0 Å². The van der Waals surface area contributed by atoms with E-state index in [2.05, 4.69) is 17.6 Å². The lowest BCUT2D eigenvalue weighted by Gasteiger charge is -2.13. The largest absolute Gasteiger partial charge is 0.324 e. The first-order valence-corrected chi connectivity index (χ1v) is 7.81. The first-order valence-electron chi connectivity index (χ1n) is 7.43. The van der Waals surface area contributed by atoms with Gasteiger partial charge in [0.25, 0.3) is 0 Å². The van der Waals surface area contributed by atoms with E-state index in [0.717, 1.165) is 28.8 Å². The molecule has 0 atom stereocenters. The summed E-state index contributed by atoms with van der Waals surface area (Å²) in [6, 6.07) is 13.7. The Balaban J connectivity index is 1.87. The summed E-state index contributed by atoms with van der Waals surface area (Å²) in [7, 11) is 0. The molecule has 3 nitrogen and oxygen atoms in total. The predicted molar refractivity (Wildman–Crippen MR) is 92.3 cm³/mol. The molecule has 1 amide bonds. The average molecular weight is 317 g/mol. The smallest absolute Gasteiger partial charge is 0.238 e. The second kappa shape index (κ2) is 7.97. The van der Waals surface area contributed by atoms with Crippen molar-refractivity contribution in [2.75, 3.05) is 11.9 Å². The Labute approximate surface area is 136 Å². The Morgan fingerprint density at radius 2 is 1.86 bits per heavy atom. The number of hydrogen-bond donors (Lipinski definition) is 2. The highest BCUT2D eigenvalue weighted by atomic mass is 35.5. The van der Waals surface area contributed by atoms with Gasteiger partial charge < -0.3 is 10.6 Å². The number of aryl methyl sites for hydroxylation is 2. The van der Waals surface area contributed by atoms with Gasteiger partial charge in [-0.15, -0.1) is 0 Å². The molecule has 0 heterocycles. The summed E-state index contributed by atoms with van der Waals surface area (Å²) < 4.78 is 0. The first kappa shape index (κ1) is 16.5. The maximum absolute atomic E-state index is 12.1. The van der Waals surface area contributed by atoms with Gasteiger partial charge >= 0.3 is 0 Å². The Bertz CT molecular complexity index is 638. The quantitative estimate of drug-likeness (QED) is 0.847. The summed E-state index contributed by atoms with van der Waals surface area (Å²) in [6.07, 6.45) is 0.898. The fourth-order valence-corrected chi connectivity index (χ4v) is 2.43. The van der Waals surface area contributed by atoms with Crippen LogP contribution in [0, 0.1) is 6.92 Å². The number of anilines is 1. The minimum atomic E-state index is -0.0297. The molecular formula is C18H21ClN2O. The van der Waals surface area contributed by atoms with Crippen LogP contribution in [0.15, 0.2) is 42.5 Å². The average Bonchev–Trinajstić information content (AvgIpc) is 2.51. The molecule has 0 saturated carbocycles.